The van der Waals surface area contributed by atoms with Crippen LogP contribution in [0.3, 0.4) is 0 Å². The molecule has 22 heavy (non-hydrogen) atoms. The van der Waals surface area contributed by atoms with Gasteiger partial charge in [0.15, 0.2) is 0 Å². The van der Waals surface area contributed by atoms with Crippen LogP contribution in [-0.2, 0) is 9.53 Å². The number of methoxy groups -OCH3 is 1. The molecular formula is C18H22ClNO2. The maximum Gasteiger partial charge on any atom is 0.314 e. The Hall–Kier alpha value is -1.58. The van der Waals surface area contributed by atoms with Gasteiger partial charge in [0.25, 0.3) is 0 Å². The van der Waals surface area contributed by atoms with Crippen molar-refractivity contribution in [3.05, 3.63) is 47.5 Å². The third kappa shape index (κ3) is 3.26. The van der Waals surface area contributed by atoms with Gasteiger partial charge in [-0.1, -0.05) is 42.0 Å². The Morgan fingerprint density at radius 2 is 1.95 bits per heavy atom. The zero-order valence-electron chi connectivity index (χ0n) is 13.0. The second-order valence-electron chi connectivity index (χ2n) is 5.81. The van der Waals surface area contributed by atoms with E-state index >= 15 is 0 Å². The molecule has 3 nitrogen and oxygen atoms in total. The van der Waals surface area contributed by atoms with E-state index in [0.29, 0.717) is 0 Å². The van der Waals surface area contributed by atoms with Crippen molar-refractivity contribution in [2.24, 2.45) is 0 Å². The second kappa shape index (κ2) is 7.12. The van der Waals surface area contributed by atoms with E-state index in [1.54, 1.807) is 0 Å². The third-order valence-electron chi connectivity index (χ3n) is 4.33. The van der Waals surface area contributed by atoms with Crippen LogP contribution in [0.4, 0.5) is 0 Å². The van der Waals surface area contributed by atoms with E-state index < -0.39 is 0 Å². The van der Waals surface area contributed by atoms with E-state index in [-0.39, 0.29) is 30.3 Å². The minimum atomic E-state index is -0.219. The van der Waals surface area contributed by atoms with Gasteiger partial charge in [-0.05, 0) is 42.6 Å². The van der Waals surface area contributed by atoms with Crippen LogP contribution < -0.4 is 5.32 Å². The molecule has 118 valence electrons. The molecule has 1 aliphatic rings. The highest BCUT2D eigenvalue weighted by Gasteiger charge is 2.32. The Labute approximate surface area is 137 Å². The molecule has 0 radical (unpaired) electrons. The van der Waals surface area contributed by atoms with E-state index in [9.17, 15) is 4.79 Å². The summed E-state index contributed by atoms with van der Waals surface area (Å²) < 4.78 is 5.03. The molecule has 1 heterocycles. The zero-order valence-corrected chi connectivity index (χ0v) is 13.8. The maximum atomic E-state index is 12.2. The van der Waals surface area contributed by atoms with Crippen LogP contribution in [-0.4, -0.2) is 25.7 Å². The van der Waals surface area contributed by atoms with Crippen LogP contribution in [0.25, 0.3) is 10.8 Å². The normalized spacial score (nSPS) is 18.7. The van der Waals surface area contributed by atoms with Gasteiger partial charge in [-0.25, -0.2) is 0 Å². The average molecular weight is 320 g/mol. The number of halogens is 1. The number of hydrogen-bond acceptors (Lipinski definition) is 3. The monoisotopic (exact) mass is 319 g/mol. The standard InChI is InChI=1S/C18H21NO2.ClH/c1-12-5-6-14-11-15(8-7-13(14)10-12)17(18(20)21-2)16-4-3-9-19-16;/h5-8,10-11,16-17,19H,3-4,9H2,1-2H3;1H/t16-,17+;/m0./s1. The van der Waals surface area contributed by atoms with Crippen LogP contribution in [0.2, 0.25) is 0 Å². The quantitative estimate of drug-likeness (QED) is 0.879. The van der Waals surface area contributed by atoms with Gasteiger partial charge in [-0.3, -0.25) is 4.79 Å². The lowest BCUT2D eigenvalue weighted by Crippen LogP contribution is -2.34. The first-order valence-corrected chi connectivity index (χ1v) is 7.50. The molecule has 0 amide bonds. The van der Waals surface area contributed by atoms with Gasteiger partial charge in [0.05, 0.1) is 13.0 Å². The SMILES string of the molecule is COC(=O)[C@H](c1ccc2cc(C)ccc2c1)[C@@H]1CCCN1.Cl. The Bertz CT molecular complexity index is 665. The number of aryl methyl sites for hydroxylation is 1. The fraction of sp³-hybridized carbons (Fsp3) is 0.389. The molecule has 1 aliphatic heterocycles. The van der Waals surface area contributed by atoms with Crippen molar-refractivity contribution in [3.63, 3.8) is 0 Å². The largest absolute Gasteiger partial charge is 0.469 e. The molecule has 1 saturated heterocycles. The zero-order chi connectivity index (χ0) is 14.8. The lowest BCUT2D eigenvalue weighted by atomic mass is 9.89. The molecule has 2 aromatic rings. The number of carbonyl (C=O) groups is 1. The first-order valence-electron chi connectivity index (χ1n) is 7.50. The predicted octanol–water partition coefficient (Wildman–Crippen LogP) is 3.58. The number of rotatable bonds is 3. The van der Waals surface area contributed by atoms with E-state index in [0.717, 1.165) is 24.9 Å². The van der Waals surface area contributed by atoms with Crippen molar-refractivity contribution in [2.45, 2.75) is 31.7 Å². The van der Waals surface area contributed by atoms with Gasteiger partial charge in [-0.15, -0.1) is 12.4 Å². The summed E-state index contributed by atoms with van der Waals surface area (Å²) in [5.41, 5.74) is 2.29. The molecule has 2 atom stereocenters. The maximum absolute atomic E-state index is 12.2. The molecule has 0 saturated carbocycles. The number of benzene rings is 2. The van der Waals surface area contributed by atoms with Gasteiger partial charge in [-0.2, -0.15) is 0 Å². The molecule has 4 heteroatoms. The first-order chi connectivity index (χ1) is 10.2. The highest BCUT2D eigenvalue weighted by Crippen LogP contribution is 2.29. The number of ether oxygens (including phenoxy) is 1. The van der Waals surface area contributed by atoms with E-state index in [4.69, 9.17) is 4.74 Å². The number of nitrogens with one attached hydrogen (secondary N) is 1. The molecule has 0 aliphatic carbocycles. The summed E-state index contributed by atoms with van der Waals surface area (Å²) in [7, 11) is 1.47. The van der Waals surface area contributed by atoms with Crippen LogP contribution in [0.1, 0.15) is 29.9 Å². The highest BCUT2D eigenvalue weighted by atomic mass is 35.5. The van der Waals surface area contributed by atoms with E-state index in [1.807, 2.05) is 0 Å². The summed E-state index contributed by atoms with van der Waals surface area (Å²) in [5, 5.41) is 5.81. The van der Waals surface area contributed by atoms with Crippen molar-refractivity contribution in [1.82, 2.24) is 5.32 Å². The minimum absolute atomic E-state index is 0. The van der Waals surface area contributed by atoms with Gasteiger partial charge in [0.1, 0.15) is 0 Å². The molecule has 0 unspecified atom stereocenters. The molecule has 1 N–H and O–H groups in total. The first kappa shape index (κ1) is 16.8. The Balaban J connectivity index is 0.00000176. The number of fused-ring (bicyclic) bond motifs is 1. The summed E-state index contributed by atoms with van der Waals surface area (Å²) in [4.78, 5) is 12.2. The summed E-state index contributed by atoms with van der Waals surface area (Å²) in [6.45, 7) is 3.07. The van der Waals surface area contributed by atoms with Crippen molar-refractivity contribution >= 4 is 29.1 Å². The minimum Gasteiger partial charge on any atom is -0.469 e. The van der Waals surface area contributed by atoms with Crippen molar-refractivity contribution < 1.29 is 9.53 Å². The highest BCUT2D eigenvalue weighted by molar-refractivity contribution is 5.86. The molecule has 0 aromatic heterocycles. The topological polar surface area (TPSA) is 38.3 Å². The van der Waals surface area contributed by atoms with Gasteiger partial charge < -0.3 is 10.1 Å². The molecule has 0 spiro atoms. The summed E-state index contributed by atoms with van der Waals surface area (Å²) in [6.07, 6.45) is 2.14. The number of carbonyl (C=O) groups excluding carboxylic acids is 1. The Morgan fingerprint density at radius 1 is 1.23 bits per heavy atom. The summed E-state index contributed by atoms with van der Waals surface area (Å²) >= 11 is 0. The number of esters is 1. The Kier molecular flexibility index (Phi) is 5.43. The second-order valence-corrected chi connectivity index (χ2v) is 5.81. The van der Waals surface area contributed by atoms with E-state index in [2.05, 4.69) is 48.6 Å². The molecule has 0 bridgehead atoms. The molecular weight excluding hydrogens is 298 g/mol. The van der Waals surface area contributed by atoms with Crippen molar-refractivity contribution in [3.8, 4) is 0 Å². The smallest absolute Gasteiger partial charge is 0.314 e. The molecule has 3 rings (SSSR count). The van der Waals surface area contributed by atoms with Gasteiger partial charge in [0.2, 0.25) is 0 Å². The molecule has 2 aromatic carbocycles. The summed E-state index contributed by atoms with van der Waals surface area (Å²) in [5.74, 6) is -0.371. The lowest BCUT2D eigenvalue weighted by molar-refractivity contribution is -0.143. The fourth-order valence-electron chi connectivity index (χ4n) is 3.23. The van der Waals surface area contributed by atoms with Crippen LogP contribution >= 0.6 is 12.4 Å². The van der Waals surface area contributed by atoms with Crippen molar-refractivity contribution in [2.75, 3.05) is 13.7 Å². The predicted molar refractivity (Wildman–Crippen MR) is 91.7 cm³/mol. The van der Waals surface area contributed by atoms with Crippen LogP contribution in [0.15, 0.2) is 36.4 Å². The average Bonchev–Trinajstić information content (AvgIpc) is 3.01. The van der Waals surface area contributed by atoms with Gasteiger partial charge >= 0.3 is 5.97 Å². The Morgan fingerprint density at radius 3 is 2.64 bits per heavy atom. The fourth-order valence-corrected chi connectivity index (χ4v) is 3.23. The van der Waals surface area contributed by atoms with Gasteiger partial charge in [0, 0.05) is 6.04 Å². The summed E-state index contributed by atoms with van der Waals surface area (Å²) in [6, 6.07) is 12.8. The lowest BCUT2D eigenvalue weighted by Gasteiger charge is -2.22. The number of hydrogen-bond donors (Lipinski definition) is 1. The molecule has 1 fully saturated rings. The van der Waals surface area contributed by atoms with E-state index in [1.165, 1.54) is 23.4 Å². The van der Waals surface area contributed by atoms with Crippen molar-refractivity contribution in [1.29, 1.82) is 0 Å². The third-order valence-corrected chi connectivity index (χ3v) is 4.33. The van der Waals surface area contributed by atoms with Crippen LogP contribution in [0, 0.1) is 6.92 Å². The van der Waals surface area contributed by atoms with Crippen LogP contribution in [0.5, 0.6) is 0 Å².